The van der Waals surface area contributed by atoms with Crippen LogP contribution in [0.5, 0.6) is 11.5 Å². The monoisotopic (exact) mass is 482 g/mol. The highest BCUT2D eigenvalue weighted by Gasteiger charge is 2.64. The van der Waals surface area contributed by atoms with E-state index in [1.54, 1.807) is 18.2 Å². The van der Waals surface area contributed by atoms with Gasteiger partial charge in [0.05, 0.1) is 23.6 Å². The summed E-state index contributed by atoms with van der Waals surface area (Å²) >= 11 is 0. The smallest absolute Gasteiger partial charge is 0.240 e. The Morgan fingerprint density at radius 3 is 2.47 bits per heavy atom. The van der Waals surface area contributed by atoms with E-state index in [0.29, 0.717) is 22.7 Å². The van der Waals surface area contributed by atoms with Crippen LogP contribution in [0.4, 0.5) is 10.1 Å². The predicted octanol–water partition coefficient (Wildman–Crippen LogP) is 3.95. The fraction of sp³-hybridized carbons (Fsp3) is 0.179. The number of hydrogen-bond donors (Lipinski definition) is 0. The van der Waals surface area contributed by atoms with Gasteiger partial charge in [0.15, 0.2) is 17.3 Å². The van der Waals surface area contributed by atoms with Gasteiger partial charge < -0.3 is 14.4 Å². The topological polar surface area (TPSA) is 76.1 Å². The number of ether oxygens (including phenoxy) is 2. The van der Waals surface area contributed by atoms with Gasteiger partial charge in [-0.1, -0.05) is 24.3 Å². The highest BCUT2D eigenvalue weighted by atomic mass is 19.1. The number of imide groups is 1. The maximum atomic E-state index is 14.0. The fourth-order valence-corrected chi connectivity index (χ4v) is 5.92. The van der Waals surface area contributed by atoms with Crippen LogP contribution in [0.1, 0.15) is 27.5 Å². The molecule has 8 heteroatoms. The summed E-state index contributed by atoms with van der Waals surface area (Å²) in [5.74, 6) is -2.25. The van der Waals surface area contributed by atoms with E-state index in [4.69, 9.17) is 9.47 Å². The van der Waals surface area contributed by atoms with Crippen LogP contribution in [0.15, 0.2) is 72.9 Å². The molecule has 0 bridgehead atoms. The summed E-state index contributed by atoms with van der Waals surface area (Å²) < 4.78 is 24.4. The van der Waals surface area contributed by atoms with E-state index in [0.717, 1.165) is 16.0 Å². The Balaban J connectivity index is 1.36. The summed E-state index contributed by atoms with van der Waals surface area (Å²) in [6.07, 6.45) is 3.71. The Labute approximate surface area is 205 Å². The minimum Gasteiger partial charge on any atom is -0.454 e. The first-order chi connectivity index (χ1) is 17.5. The van der Waals surface area contributed by atoms with Gasteiger partial charge >= 0.3 is 0 Å². The van der Waals surface area contributed by atoms with Gasteiger partial charge in [-0.15, -0.1) is 0 Å². The average Bonchev–Trinajstić information content (AvgIpc) is 3.57. The van der Waals surface area contributed by atoms with Crippen LogP contribution < -0.4 is 14.4 Å². The lowest BCUT2D eigenvalue weighted by molar-refractivity contribution is -0.123. The number of benzene rings is 3. The van der Waals surface area contributed by atoms with Crippen molar-refractivity contribution >= 4 is 29.4 Å². The lowest BCUT2D eigenvalue weighted by atomic mass is 9.83. The lowest BCUT2D eigenvalue weighted by Crippen LogP contribution is -2.44. The molecule has 7 nitrogen and oxygen atoms in total. The molecule has 1 unspecified atom stereocenters. The second-order valence-electron chi connectivity index (χ2n) is 9.25. The minimum atomic E-state index is -0.902. The maximum absolute atomic E-state index is 14.0. The zero-order chi connectivity index (χ0) is 24.6. The number of nitrogens with zero attached hydrogens (tertiary/aromatic N) is 2. The van der Waals surface area contributed by atoms with Crippen molar-refractivity contribution in [1.29, 1.82) is 0 Å². The number of carbonyl (C=O) groups is 3. The van der Waals surface area contributed by atoms with Gasteiger partial charge in [-0.2, -0.15) is 0 Å². The summed E-state index contributed by atoms with van der Waals surface area (Å²) in [5, 5.41) is 0. The van der Waals surface area contributed by atoms with Gasteiger partial charge in [-0.3, -0.25) is 14.4 Å². The molecule has 36 heavy (non-hydrogen) atoms. The Bertz CT molecular complexity index is 1480. The van der Waals surface area contributed by atoms with Crippen molar-refractivity contribution in [2.45, 2.75) is 12.1 Å². The summed E-state index contributed by atoms with van der Waals surface area (Å²) in [4.78, 5) is 44.6. The molecule has 2 amide bonds. The largest absolute Gasteiger partial charge is 0.454 e. The van der Waals surface area contributed by atoms with Crippen molar-refractivity contribution in [2.75, 3.05) is 11.7 Å². The molecule has 0 N–H and O–H groups in total. The molecular formula is C28H19FN2O5. The Hall–Kier alpha value is -4.46. The van der Waals surface area contributed by atoms with Crippen molar-refractivity contribution in [3.63, 3.8) is 0 Å². The Morgan fingerprint density at radius 2 is 1.64 bits per heavy atom. The third-order valence-corrected chi connectivity index (χ3v) is 7.47. The molecule has 4 aliphatic rings. The number of fused-ring (bicyclic) bond motifs is 6. The molecule has 0 radical (unpaired) electrons. The number of Topliss-reactive ketones (excluding diaryl/α,β-unsaturated/α-hetero) is 1. The summed E-state index contributed by atoms with van der Waals surface area (Å²) in [6, 6.07) is 16.5. The second-order valence-corrected chi connectivity index (χ2v) is 9.25. The first-order valence-electron chi connectivity index (χ1n) is 11.6. The van der Waals surface area contributed by atoms with Crippen molar-refractivity contribution in [3.05, 3.63) is 95.4 Å². The molecule has 3 aromatic rings. The molecule has 0 aliphatic carbocycles. The maximum Gasteiger partial charge on any atom is 0.240 e. The molecule has 0 saturated carbocycles. The normalized spacial score (nSPS) is 25.1. The number of halogens is 1. The third kappa shape index (κ3) is 2.81. The molecule has 0 spiro atoms. The number of ketones is 1. The van der Waals surface area contributed by atoms with E-state index in [2.05, 4.69) is 0 Å². The van der Waals surface area contributed by atoms with E-state index in [1.165, 1.54) is 24.3 Å². The van der Waals surface area contributed by atoms with Crippen LogP contribution in [0, 0.1) is 17.7 Å². The number of carbonyl (C=O) groups excluding carboxylic acids is 3. The van der Waals surface area contributed by atoms with Gasteiger partial charge in [-0.25, -0.2) is 9.29 Å². The van der Waals surface area contributed by atoms with Crippen LogP contribution in [-0.4, -0.2) is 35.3 Å². The predicted molar refractivity (Wildman–Crippen MR) is 127 cm³/mol. The summed E-state index contributed by atoms with van der Waals surface area (Å²) in [5.41, 5.74) is 2.49. The van der Waals surface area contributed by atoms with Crippen molar-refractivity contribution in [3.8, 4) is 11.5 Å². The summed E-state index contributed by atoms with van der Waals surface area (Å²) in [7, 11) is 0. The van der Waals surface area contributed by atoms with E-state index in [9.17, 15) is 18.8 Å². The lowest BCUT2D eigenvalue weighted by Gasteiger charge is -2.35. The van der Waals surface area contributed by atoms with Crippen LogP contribution >= 0.6 is 0 Å². The quantitative estimate of drug-likeness (QED) is 0.416. The van der Waals surface area contributed by atoms with Gasteiger partial charge in [0.2, 0.25) is 18.6 Å². The molecule has 178 valence electrons. The zero-order valence-corrected chi connectivity index (χ0v) is 18.8. The third-order valence-electron chi connectivity index (χ3n) is 7.47. The minimum absolute atomic E-state index is 0.0778. The van der Waals surface area contributed by atoms with E-state index < -0.39 is 41.6 Å². The van der Waals surface area contributed by atoms with Crippen LogP contribution in [-0.2, 0) is 9.59 Å². The number of amides is 2. The van der Waals surface area contributed by atoms with E-state index >= 15 is 0 Å². The van der Waals surface area contributed by atoms with Gasteiger partial charge in [0.1, 0.15) is 11.9 Å². The molecule has 2 saturated heterocycles. The first-order valence-corrected chi connectivity index (χ1v) is 11.6. The number of anilines is 1. The van der Waals surface area contributed by atoms with Gasteiger partial charge in [-0.05, 0) is 59.7 Å². The molecule has 0 aromatic heterocycles. The first kappa shape index (κ1) is 20.9. The van der Waals surface area contributed by atoms with E-state index in [-0.39, 0.29) is 12.6 Å². The average molecular weight is 482 g/mol. The van der Waals surface area contributed by atoms with E-state index in [1.807, 2.05) is 41.4 Å². The van der Waals surface area contributed by atoms with Crippen molar-refractivity contribution in [2.24, 2.45) is 11.8 Å². The molecule has 3 aromatic carbocycles. The van der Waals surface area contributed by atoms with Gasteiger partial charge in [0, 0.05) is 11.8 Å². The fourth-order valence-electron chi connectivity index (χ4n) is 5.92. The number of hydrogen-bond acceptors (Lipinski definition) is 6. The van der Waals surface area contributed by atoms with Gasteiger partial charge in [0.25, 0.3) is 0 Å². The number of rotatable bonds is 3. The molecule has 4 atom stereocenters. The molecule has 7 rings (SSSR count). The van der Waals surface area contributed by atoms with Crippen LogP contribution in [0.2, 0.25) is 0 Å². The highest BCUT2D eigenvalue weighted by molar-refractivity contribution is 6.24. The second kappa shape index (κ2) is 7.52. The molecule has 4 heterocycles. The molecule has 2 fully saturated rings. The Morgan fingerprint density at radius 1 is 0.889 bits per heavy atom. The Kier molecular flexibility index (Phi) is 4.36. The summed E-state index contributed by atoms with van der Waals surface area (Å²) in [6.45, 7) is 0.0778. The molecular weight excluding hydrogens is 463 g/mol. The zero-order valence-electron chi connectivity index (χ0n) is 18.8. The SMILES string of the molecule is O=C(c1ccc2c(c1)OCO2)[C@@H]1[C@@H]2C(=O)N(c3ccc(F)cc3)C(=O)[C@@H]2C2c3ccccc3C=CN21. The highest BCUT2D eigenvalue weighted by Crippen LogP contribution is 2.53. The molecule has 4 aliphatic heterocycles. The van der Waals surface area contributed by atoms with Crippen LogP contribution in [0.25, 0.3) is 6.08 Å². The van der Waals surface area contributed by atoms with Crippen molar-refractivity contribution in [1.82, 2.24) is 4.90 Å². The standard InChI is InChI=1S/C28H19FN2O5/c29-17-6-8-18(9-7-17)31-27(33)22-23(28(31)34)25(26(32)16-5-10-20-21(13-16)36-14-35-20)30-12-11-15-3-1-2-4-19(15)24(22)30/h1-13,22-25H,14H2/t22-,23+,24?,25-/m0/s1. The van der Waals surface area contributed by atoms with Crippen LogP contribution in [0.3, 0.4) is 0 Å². The van der Waals surface area contributed by atoms with Crippen molar-refractivity contribution < 1.29 is 28.2 Å².